The monoisotopic (exact) mass is 300 g/mol. The summed E-state index contributed by atoms with van der Waals surface area (Å²) in [5, 5.41) is 6.42. The third-order valence-electron chi connectivity index (χ3n) is 2.24. The molecule has 0 bridgehead atoms. The molecule has 0 fully saturated rings. The molecule has 0 aliphatic carbocycles. The average Bonchev–Trinajstić information content (AvgIpc) is 2.75. The van der Waals surface area contributed by atoms with Crippen molar-refractivity contribution >= 4 is 40.4 Å². The number of carbonyl (C=O) groups is 1. The van der Waals surface area contributed by atoms with E-state index in [4.69, 9.17) is 23.2 Å². The lowest BCUT2D eigenvalue weighted by molar-refractivity contribution is 0.0951. The van der Waals surface area contributed by atoms with Gasteiger partial charge in [0.05, 0.1) is 17.1 Å². The van der Waals surface area contributed by atoms with Gasteiger partial charge in [-0.3, -0.25) is 4.79 Å². The average molecular weight is 301 g/mol. The van der Waals surface area contributed by atoms with Crippen molar-refractivity contribution in [2.75, 3.05) is 0 Å². The minimum absolute atomic E-state index is 0.254. The van der Waals surface area contributed by atoms with Crippen molar-refractivity contribution in [1.29, 1.82) is 0 Å². The van der Waals surface area contributed by atoms with Crippen molar-refractivity contribution in [3.05, 3.63) is 49.9 Å². The summed E-state index contributed by atoms with van der Waals surface area (Å²) in [6, 6.07) is 4.80. The largest absolute Gasteiger partial charge is 0.345 e. The number of hydrogen-bond acceptors (Lipinski definition) is 3. The fraction of sp³-hybridized carbons (Fsp3) is 0.167. The zero-order chi connectivity index (χ0) is 13.1. The zero-order valence-electron chi connectivity index (χ0n) is 9.54. The number of amides is 1. The van der Waals surface area contributed by atoms with Crippen LogP contribution in [0.25, 0.3) is 0 Å². The Bertz CT molecular complexity index is 583. The maximum absolute atomic E-state index is 11.9. The van der Waals surface area contributed by atoms with Crippen LogP contribution in [-0.2, 0) is 6.54 Å². The number of nitrogens with zero attached hydrogens (tertiary/aromatic N) is 1. The molecule has 2 rings (SSSR count). The van der Waals surface area contributed by atoms with E-state index in [9.17, 15) is 4.79 Å². The van der Waals surface area contributed by atoms with Gasteiger partial charge < -0.3 is 5.32 Å². The molecule has 18 heavy (non-hydrogen) atoms. The molecule has 0 spiro atoms. The van der Waals surface area contributed by atoms with E-state index in [1.54, 1.807) is 18.2 Å². The highest BCUT2D eigenvalue weighted by atomic mass is 35.5. The second-order valence-electron chi connectivity index (χ2n) is 3.69. The first-order valence-corrected chi connectivity index (χ1v) is 6.84. The lowest BCUT2D eigenvalue weighted by Gasteiger charge is -2.05. The first-order valence-electron chi connectivity index (χ1n) is 5.20. The van der Waals surface area contributed by atoms with Crippen LogP contribution in [-0.4, -0.2) is 10.9 Å². The minimum atomic E-state index is -0.254. The van der Waals surface area contributed by atoms with Gasteiger partial charge in [-0.15, -0.1) is 11.3 Å². The molecule has 0 aliphatic rings. The van der Waals surface area contributed by atoms with Gasteiger partial charge >= 0.3 is 0 Å². The van der Waals surface area contributed by atoms with Crippen LogP contribution in [0.2, 0.25) is 10.0 Å². The smallest absolute Gasteiger partial charge is 0.253 e. The molecule has 1 amide bonds. The van der Waals surface area contributed by atoms with Crippen molar-refractivity contribution in [1.82, 2.24) is 10.3 Å². The Hall–Kier alpha value is -1.10. The van der Waals surface area contributed by atoms with Crippen molar-refractivity contribution in [3.63, 3.8) is 0 Å². The van der Waals surface area contributed by atoms with E-state index in [1.165, 1.54) is 11.3 Å². The Morgan fingerprint density at radius 2 is 2.22 bits per heavy atom. The molecule has 3 nitrogen and oxygen atoms in total. The van der Waals surface area contributed by atoms with Crippen LogP contribution < -0.4 is 5.32 Å². The fourth-order valence-electron chi connectivity index (χ4n) is 1.41. The van der Waals surface area contributed by atoms with Gasteiger partial charge in [-0.1, -0.05) is 23.2 Å². The molecular weight excluding hydrogens is 291 g/mol. The van der Waals surface area contributed by atoms with E-state index in [0.717, 1.165) is 10.7 Å². The summed E-state index contributed by atoms with van der Waals surface area (Å²) in [4.78, 5) is 16.2. The third-order valence-corrected chi connectivity index (χ3v) is 3.77. The molecule has 0 radical (unpaired) electrons. The van der Waals surface area contributed by atoms with Gasteiger partial charge in [-0.05, 0) is 25.1 Å². The normalized spacial score (nSPS) is 10.4. The highest BCUT2D eigenvalue weighted by molar-refractivity contribution is 7.09. The molecule has 1 heterocycles. The molecule has 0 atom stereocenters. The van der Waals surface area contributed by atoms with E-state index in [2.05, 4.69) is 10.3 Å². The number of aromatic nitrogens is 1. The number of nitrogens with one attached hydrogen (secondary N) is 1. The van der Waals surface area contributed by atoms with Gasteiger partial charge in [0.2, 0.25) is 0 Å². The summed E-state index contributed by atoms with van der Waals surface area (Å²) in [6.45, 7) is 2.30. The Morgan fingerprint density at radius 1 is 1.44 bits per heavy atom. The molecule has 0 saturated heterocycles. The molecule has 1 aromatic heterocycles. The van der Waals surface area contributed by atoms with Crippen molar-refractivity contribution < 1.29 is 4.79 Å². The quantitative estimate of drug-likeness (QED) is 0.939. The lowest BCUT2D eigenvalue weighted by atomic mass is 10.2. The summed E-state index contributed by atoms with van der Waals surface area (Å²) < 4.78 is 0. The first-order chi connectivity index (χ1) is 8.56. The molecule has 0 aliphatic heterocycles. The summed E-state index contributed by atoms with van der Waals surface area (Å²) >= 11 is 13.3. The van der Waals surface area contributed by atoms with Crippen LogP contribution in [0.1, 0.15) is 21.1 Å². The number of benzene rings is 1. The van der Waals surface area contributed by atoms with Crippen LogP contribution in [0.4, 0.5) is 0 Å². The molecular formula is C12H10Cl2N2OS. The first kappa shape index (κ1) is 13.3. The Balaban J connectivity index is 2.05. The number of carbonyl (C=O) groups excluding carboxylic acids is 1. The van der Waals surface area contributed by atoms with Gasteiger partial charge in [0.25, 0.3) is 5.91 Å². The van der Waals surface area contributed by atoms with Crippen LogP contribution in [0.15, 0.2) is 23.6 Å². The van der Waals surface area contributed by atoms with Gasteiger partial charge in [0.1, 0.15) is 5.01 Å². The summed E-state index contributed by atoms with van der Waals surface area (Å²) in [7, 11) is 0. The maximum Gasteiger partial charge on any atom is 0.253 e. The molecule has 1 N–H and O–H groups in total. The van der Waals surface area contributed by atoms with Gasteiger partial charge in [-0.25, -0.2) is 4.98 Å². The molecule has 1 aromatic carbocycles. The molecule has 2 aromatic rings. The summed E-state index contributed by atoms with van der Waals surface area (Å²) in [6.07, 6.45) is 0. The zero-order valence-corrected chi connectivity index (χ0v) is 11.9. The van der Waals surface area contributed by atoms with Crippen LogP contribution in [0, 0.1) is 6.92 Å². The summed E-state index contributed by atoms with van der Waals surface area (Å²) in [5.41, 5.74) is 1.32. The van der Waals surface area contributed by atoms with Crippen LogP contribution in [0.5, 0.6) is 0 Å². The lowest BCUT2D eigenvalue weighted by Crippen LogP contribution is -2.23. The van der Waals surface area contributed by atoms with Crippen molar-refractivity contribution in [2.45, 2.75) is 13.5 Å². The topological polar surface area (TPSA) is 42.0 Å². The minimum Gasteiger partial charge on any atom is -0.345 e. The van der Waals surface area contributed by atoms with E-state index in [-0.39, 0.29) is 5.91 Å². The number of rotatable bonds is 3. The van der Waals surface area contributed by atoms with E-state index in [0.29, 0.717) is 22.2 Å². The molecule has 0 saturated carbocycles. The number of hydrogen-bond donors (Lipinski definition) is 1. The second-order valence-corrected chi connectivity index (χ2v) is 5.48. The van der Waals surface area contributed by atoms with E-state index in [1.807, 2.05) is 12.3 Å². The second kappa shape index (κ2) is 5.69. The SMILES string of the molecule is Cc1csc(CNC(=O)c2cc(Cl)ccc2Cl)n1. The van der Waals surface area contributed by atoms with E-state index >= 15 is 0 Å². The van der Waals surface area contributed by atoms with Gasteiger partial charge in [-0.2, -0.15) is 0 Å². The molecule has 6 heteroatoms. The number of aryl methyl sites for hydroxylation is 1. The Kier molecular flexibility index (Phi) is 4.22. The van der Waals surface area contributed by atoms with Gasteiger partial charge in [0.15, 0.2) is 0 Å². The predicted octanol–water partition coefficient (Wildman–Crippen LogP) is 3.69. The third kappa shape index (κ3) is 3.22. The summed E-state index contributed by atoms with van der Waals surface area (Å²) in [5.74, 6) is -0.254. The molecule has 94 valence electrons. The van der Waals surface area contributed by atoms with Crippen molar-refractivity contribution in [3.8, 4) is 0 Å². The number of thiazole rings is 1. The molecule has 0 unspecified atom stereocenters. The number of halogens is 2. The predicted molar refractivity (Wildman–Crippen MR) is 74.5 cm³/mol. The van der Waals surface area contributed by atoms with Crippen LogP contribution >= 0.6 is 34.5 Å². The highest BCUT2D eigenvalue weighted by Gasteiger charge is 2.11. The Morgan fingerprint density at radius 3 is 2.89 bits per heavy atom. The fourth-order valence-corrected chi connectivity index (χ4v) is 2.49. The van der Waals surface area contributed by atoms with Gasteiger partial charge in [0, 0.05) is 16.1 Å². The highest BCUT2D eigenvalue weighted by Crippen LogP contribution is 2.20. The van der Waals surface area contributed by atoms with E-state index < -0.39 is 0 Å². The Labute approximate surface area is 119 Å². The van der Waals surface area contributed by atoms with Crippen LogP contribution in [0.3, 0.4) is 0 Å². The maximum atomic E-state index is 11.9. The van der Waals surface area contributed by atoms with Crippen molar-refractivity contribution in [2.24, 2.45) is 0 Å². The standard InChI is InChI=1S/C12H10Cl2N2OS/c1-7-6-18-11(16-7)5-15-12(17)9-4-8(13)2-3-10(9)14/h2-4,6H,5H2,1H3,(H,15,17).